The van der Waals surface area contributed by atoms with E-state index in [2.05, 4.69) is 0 Å². The molecule has 0 amide bonds. The molecule has 0 saturated heterocycles. The van der Waals surface area contributed by atoms with E-state index < -0.39 is 11.7 Å². The van der Waals surface area contributed by atoms with Gasteiger partial charge in [-0.25, -0.2) is 0 Å². The summed E-state index contributed by atoms with van der Waals surface area (Å²) in [6.45, 7) is 0. The minimum absolute atomic E-state index is 0.414. The fraction of sp³-hybridized carbons (Fsp3) is 0.429. The first kappa shape index (κ1) is 9.09. The molecular weight excluding hydrogens is 268 g/mol. The minimum atomic E-state index is -4.17. The zero-order chi connectivity index (χ0) is 8.48. The molecule has 0 N–H and O–H groups in total. The monoisotopic (exact) mass is 274 g/mol. The summed E-state index contributed by atoms with van der Waals surface area (Å²) in [7, 11) is 0. The number of hydrogen-bond acceptors (Lipinski definition) is 0. The van der Waals surface area contributed by atoms with Gasteiger partial charge in [0.2, 0.25) is 0 Å². The first-order valence-corrected chi connectivity index (χ1v) is 4.22. The van der Waals surface area contributed by atoms with Crippen LogP contribution in [0.5, 0.6) is 0 Å². The predicted octanol–water partition coefficient (Wildman–Crippen LogP) is 3.59. The van der Waals surface area contributed by atoms with Gasteiger partial charge in [0, 0.05) is 3.58 Å². The quantitative estimate of drug-likeness (QED) is 0.592. The Morgan fingerprint density at radius 3 is 2.36 bits per heavy atom. The highest BCUT2D eigenvalue weighted by atomic mass is 127. The van der Waals surface area contributed by atoms with Crippen molar-refractivity contribution in [2.24, 2.45) is 0 Å². The molecule has 0 spiro atoms. The van der Waals surface area contributed by atoms with E-state index in [4.69, 9.17) is 0 Å². The molecule has 0 radical (unpaired) electrons. The molecule has 0 saturated carbocycles. The molecule has 62 valence electrons. The lowest BCUT2D eigenvalue weighted by atomic mass is 10.1. The molecule has 0 aromatic carbocycles. The minimum Gasteiger partial charge on any atom is -0.166 e. The van der Waals surface area contributed by atoms with Crippen LogP contribution in [0.4, 0.5) is 13.2 Å². The topological polar surface area (TPSA) is 0 Å². The van der Waals surface area contributed by atoms with Crippen LogP contribution >= 0.6 is 22.6 Å². The van der Waals surface area contributed by atoms with Crippen molar-refractivity contribution in [2.45, 2.75) is 19.0 Å². The molecular formula is C7H6F3I. The van der Waals surface area contributed by atoms with Gasteiger partial charge in [-0.2, -0.15) is 13.2 Å². The van der Waals surface area contributed by atoms with Crippen molar-refractivity contribution in [3.63, 3.8) is 0 Å². The molecule has 1 aliphatic carbocycles. The number of halogens is 4. The SMILES string of the molecule is FC(F)(F)C1=C(I)CCC=C1. The van der Waals surface area contributed by atoms with Gasteiger partial charge < -0.3 is 0 Å². The molecule has 0 aromatic rings. The summed E-state index contributed by atoms with van der Waals surface area (Å²) in [5.74, 6) is 0. The normalized spacial score (nSPS) is 19.3. The van der Waals surface area contributed by atoms with E-state index in [1.54, 1.807) is 28.7 Å². The highest BCUT2D eigenvalue weighted by Crippen LogP contribution is 2.36. The summed E-state index contributed by atoms with van der Waals surface area (Å²) in [5.41, 5.74) is -0.482. The summed E-state index contributed by atoms with van der Waals surface area (Å²) >= 11 is 1.75. The Hall–Kier alpha value is -0.0000000000000000555. The fourth-order valence-corrected chi connectivity index (χ4v) is 1.68. The Kier molecular flexibility index (Phi) is 2.61. The summed E-state index contributed by atoms with van der Waals surface area (Å²) in [4.78, 5) is 0. The summed E-state index contributed by atoms with van der Waals surface area (Å²) in [6.07, 6.45) is -0.215. The van der Waals surface area contributed by atoms with Crippen molar-refractivity contribution in [1.82, 2.24) is 0 Å². The lowest BCUT2D eigenvalue weighted by Crippen LogP contribution is -2.12. The van der Waals surface area contributed by atoms with E-state index in [0.717, 1.165) is 12.5 Å². The summed E-state index contributed by atoms with van der Waals surface area (Å²) in [5, 5.41) is 0. The van der Waals surface area contributed by atoms with E-state index >= 15 is 0 Å². The zero-order valence-corrected chi connectivity index (χ0v) is 7.74. The second-order valence-corrected chi connectivity index (χ2v) is 3.56. The summed E-state index contributed by atoms with van der Waals surface area (Å²) in [6, 6.07) is 0. The predicted molar refractivity (Wildman–Crippen MR) is 45.5 cm³/mol. The molecule has 0 atom stereocenters. The lowest BCUT2D eigenvalue weighted by Gasteiger charge is -2.13. The van der Waals surface area contributed by atoms with Gasteiger partial charge in [0.05, 0.1) is 5.57 Å². The molecule has 1 rings (SSSR count). The van der Waals surface area contributed by atoms with Crippen LogP contribution in [0.3, 0.4) is 0 Å². The third kappa shape index (κ3) is 2.21. The molecule has 0 heterocycles. The van der Waals surface area contributed by atoms with Crippen LogP contribution in [0.2, 0.25) is 0 Å². The van der Waals surface area contributed by atoms with Crippen LogP contribution in [0.15, 0.2) is 21.3 Å². The Labute approximate surface area is 76.3 Å². The standard InChI is InChI=1S/C7H6F3I/c8-7(9,10)5-3-1-2-4-6(5)11/h1,3H,2,4H2. The van der Waals surface area contributed by atoms with E-state index in [-0.39, 0.29) is 0 Å². The van der Waals surface area contributed by atoms with Crippen LogP contribution in [-0.4, -0.2) is 6.18 Å². The maximum absolute atomic E-state index is 12.1. The van der Waals surface area contributed by atoms with Gasteiger partial charge in [0.1, 0.15) is 0 Å². The van der Waals surface area contributed by atoms with Crippen molar-refractivity contribution < 1.29 is 13.2 Å². The van der Waals surface area contributed by atoms with E-state index in [9.17, 15) is 13.2 Å². The summed E-state index contributed by atoms with van der Waals surface area (Å²) < 4.78 is 36.6. The molecule has 0 nitrogen and oxygen atoms in total. The van der Waals surface area contributed by atoms with Gasteiger partial charge >= 0.3 is 6.18 Å². The van der Waals surface area contributed by atoms with Crippen LogP contribution < -0.4 is 0 Å². The van der Waals surface area contributed by atoms with E-state index in [1.165, 1.54) is 0 Å². The fourth-order valence-electron chi connectivity index (χ4n) is 0.885. The Bertz CT molecular complexity index is 212. The van der Waals surface area contributed by atoms with Crippen molar-refractivity contribution >= 4 is 22.6 Å². The average Bonchev–Trinajstić information content (AvgIpc) is 1.86. The number of rotatable bonds is 0. The maximum atomic E-state index is 12.1. The van der Waals surface area contributed by atoms with Gasteiger partial charge in [-0.15, -0.1) is 0 Å². The van der Waals surface area contributed by atoms with Gasteiger partial charge in [-0.05, 0) is 35.4 Å². The molecule has 1 aliphatic rings. The second kappa shape index (κ2) is 3.16. The first-order chi connectivity index (χ1) is 5.02. The highest BCUT2D eigenvalue weighted by Gasteiger charge is 2.34. The third-order valence-corrected chi connectivity index (χ3v) is 2.53. The number of allylic oxidation sites excluding steroid dienone is 4. The molecule has 0 aromatic heterocycles. The third-order valence-electron chi connectivity index (χ3n) is 1.41. The average molecular weight is 274 g/mol. The van der Waals surface area contributed by atoms with Gasteiger partial charge in [0.25, 0.3) is 0 Å². The molecule has 4 heteroatoms. The molecule has 11 heavy (non-hydrogen) atoms. The Morgan fingerprint density at radius 2 is 2.00 bits per heavy atom. The van der Waals surface area contributed by atoms with Crippen LogP contribution in [0.25, 0.3) is 0 Å². The number of alkyl halides is 3. The number of hydrogen-bond donors (Lipinski definition) is 0. The van der Waals surface area contributed by atoms with Crippen LogP contribution in [-0.2, 0) is 0 Å². The van der Waals surface area contributed by atoms with Gasteiger partial charge in [-0.3, -0.25) is 0 Å². The van der Waals surface area contributed by atoms with Gasteiger partial charge in [0.15, 0.2) is 0 Å². The van der Waals surface area contributed by atoms with Crippen molar-refractivity contribution in [2.75, 3.05) is 0 Å². The van der Waals surface area contributed by atoms with Crippen molar-refractivity contribution in [3.05, 3.63) is 21.3 Å². The smallest absolute Gasteiger partial charge is 0.166 e. The molecule has 0 fully saturated rings. The lowest BCUT2D eigenvalue weighted by molar-refractivity contribution is -0.0887. The van der Waals surface area contributed by atoms with Crippen molar-refractivity contribution in [3.8, 4) is 0 Å². The Balaban J connectivity index is 2.93. The largest absolute Gasteiger partial charge is 0.417 e. The second-order valence-electron chi connectivity index (χ2n) is 2.26. The van der Waals surface area contributed by atoms with E-state index in [0.29, 0.717) is 10.0 Å². The van der Waals surface area contributed by atoms with E-state index in [1.807, 2.05) is 0 Å². The maximum Gasteiger partial charge on any atom is 0.417 e. The zero-order valence-electron chi connectivity index (χ0n) is 5.58. The molecule has 0 unspecified atom stereocenters. The highest BCUT2D eigenvalue weighted by molar-refractivity contribution is 14.1. The van der Waals surface area contributed by atoms with Gasteiger partial charge in [-0.1, -0.05) is 12.2 Å². The first-order valence-electron chi connectivity index (χ1n) is 3.14. The Morgan fingerprint density at radius 1 is 1.36 bits per heavy atom. The van der Waals surface area contributed by atoms with Crippen molar-refractivity contribution in [1.29, 1.82) is 0 Å². The molecule has 0 bridgehead atoms. The molecule has 0 aliphatic heterocycles. The van der Waals surface area contributed by atoms with Crippen LogP contribution in [0, 0.1) is 0 Å². The van der Waals surface area contributed by atoms with Crippen LogP contribution in [0.1, 0.15) is 12.8 Å².